The third-order valence-corrected chi connectivity index (χ3v) is 4.55. The van der Waals surface area contributed by atoms with E-state index < -0.39 is 12.0 Å². The summed E-state index contributed by atoms with van der Waals surface area (Å²) in [6.07, 6.45) is 3.93. The Kier molecular flexibility index (Phi) is 3.58. The van der Waals surface area contributed by atoms with E-state index in [1.807, 2.05) is 24.3 Å². The molecular weight excluding hydrogens is 320 g/mol. The van der Waals surface area contributed by atoms with E-state index in [0.717, 1.165) is 34.7 Å². The third-order valence-electron chi connectivity index (χ3n) is 4.55. The van der Waals surface area contributed by atoms with E-state index >= 15 is 0 Å². The van der Waals surface area contributed by atoms with E-state index in [-0.39, 0.29) is 12.0 Å². The lowest BCUT2D eigenvalue weighted by atomic mass is 10.0. The second-order valence-electron chi connectivity index (χ2n) is 6.33. The molecule has 0 spiro atoms. The first-order valence-corrected chi connectivity index (χ1v) is 8.13. The predicted octanol–water partition coefficient (Wildman–Crippen LogP) is -0.0880. The number of hydrogen-bond acceptors (Lipinski definition) is 3. The minimum atomic E-state index is -1.05. The number of para-hydroxylation sites is 1. The van der Waals surface area contributed by atoms with Crippen LogP contribution >= 0.6 is 0 Å². The first-order valence-electron chi connectivity index (χ1n) is 8.13. The highest BCUT2D eigenvalue weighted by Gasteiger charge is 2.19. The van der Waals surface area contributed by atoms with E-state index in [9.17, 15) is 9.59 Å². The summed E-state index contributed by atoms with van der Waals surface area (Å²) in [5.41, 5.74) is 9.17. The number of aliphatic carboxylic acids is 1. The highest BCUT2D eigenvalue weighted by molar-refractivity contribution is 5.88. The van der Waals surface area contributed by atoms with E-state index in [4.69, 9.17) is 10.8 Å². The van der Waals surface area contributed by atoms with E-state index in [0.29, 0.717) is 10.9 Å². The summed E-state index contributed by atoms with van der Waals surface area (Å²) in [5.74, 6) is -1.05. The number of carboxylic acid groups (broad SMARTS) is 1. The molecule has 6 N–H and O–H groups in total. The standard InChI is InChI=1S/C18H18N4O3/c19-13(18(24)25)7-11-10-3-1-2-4-14(10)20-15(11)8-12-16(9-5-6-9)21-22-17(12)23/h1-4,8,13,20-21H,5-7,19H2,(H,22,23)(H,24,25). The van der Waals surface area contributed by atoms with Crippen LogP contribution in [0, 0.1) is 0 Å². The van der Waals surface area contributed by atoms with Crippen molar-refractivity contribution in [1.82, 2.24) is 15.2 Å². The molecule has 1 aliphatic carbocycles. The number of carbonyl (C=O) groups is 1. The molecule has 25 heavy (non-hydrogen) atoms. The van der Waals surface area contributed by atoms with Crippen molar-refractivity contribution in [3.05, 3.63) is 56.4 Å². The van der Waals surface area contributed by atoms with Gasteiger partial charge in [-0.2, -0.15) is 0 Å². The Labute approximate surface area is 141 Å². The highest BCUT2D eigenvalue weighted by Crippen LogP contribution is 2.27. The maximum absolute atomic E-state index is 12.2. The number of fused-ring (bicyclic) bond motifs is 1. The fourth-order valence-electron chi connectivity index (χ4n) is 3.11. The lowest BCUT2D eigenvalue weighted by Gasteiger charge is -2.06. The lowest BCUT2D eigenvalue weighted by Crippen LogP contribution is -2.34. The van der Waals surface area contributed by atoms with Gasteiger partial charge in [0.15, 0.2) is 0 Å². The third kappa shape index (κ3) is 2.78. The Morgan fingerprint density at radius 1 is 1.28 bits per heavy atom. The van der Waals surface area contributed by atoms with Crippen LogP contribution in [0.2, 0.25) is 0 Å². The van der Waals surface area contributed by atoms with Crippen molar-refractivity contribution in [3.63, 3.8) is 0 Å². The molecule has 0 amide bonds. The molecule has 1 atom stereocenters. The number of aromatic amines is 3. The van der Waals surface area contributed by atoms with Crippen LogP contribution in [-0.2, 0) is 11.2 Å². The fourth-order valence-corrected chi connectivity index (χ4v) is 3.11. The number of hydrogen-bond donors (Lipinski definition) is 5. The summed E-state index contributed by atoms with van der Waals surface area (Å²) >= 11 is 0. The lowest BCUT2D eigenvalue weighted by molar-refractivity contribution is -0.138. The molecule has 7 heteroatoms. The summed E-state index contributed by atoms with van der Waals surface area (Å²) < 4.78 is 0. The quantitative estimate of drug-likeness (QED) is 0.455. The monoisotopic (exact) mass is 338 g/mol. The Hall–Kier alpha value is -3.06. The van der Waals surface area contributed by atoms with Gasteiger partial charge in [-0.1, -0.05) is 18.2 Å². The van der Waals surface area contributed by atoms with Crippen molar-refractivity contribution in [2.45, 2.75) is 25.3 Å². The normalized spacial score (nSPS) is 15.7. The van der Waals surface area contributed by atoms with Gasteiger partial charge in [0.25, 0.3) is 5.56 Å². The first kappa shape index (κ1) is 15.5. The van der Waals surface area contributed by atoms with Crippen LogP contribution in [0.1, 0.15) is 24.1 Å². The van der Waals surface area contributed by atoms with Crippen LogP contribution in [0.15, 0.2) is 29.1 Å². The van der Waals surface area contributed by atoms with Crippen molar-refractivity contribution in [3.8, 4) is 0 Å². The topological polar surface area (TPSA) is 128 Å². The molecule has 128 valence electrons. The molecule has 1 aliphatic rings. The number of aromatic nitrogens is 3. The second kappa shape index (κ2) is 5.78. The molecule has 1 fully saturated rings. The molecule has 0 bridgehead atoms. The summed E-state index contributed by atoms with van der Waals surface area (Å²) in [5, 5.41) is 17.0. The van der Waals surface area contributed by atoms with Crippen LogP contribution in [0.25, 0.3) is 22.6 Å². The molecule has 1 unspecified atom stereocenters. The molecule has 2 heterocycles. The van der Waals surface area contributed by atoms with E-state index in [1.165, 1.54) is 5.57 Å². The van der Waals surface area contributed by atoms with Gasteiger partial charge in [0.2, 0.25) is 0 Å². The highest BCUT2D eigenvalue weighted by atomic mass is 16.4. The number of benzene rings is 1. The van der Waals surface area contributed by atoms with Gasteiger partial charge in [0.05, 0.1) is 10.6 Å². The molecular formula is C18H18N4O3. The molecule has 3 aromatic rings. The van der Waals surface area contributed by atoms with Crippen molar-refractivity contribution in [2.75, 3.05) is 0 Å². The minimum Gasteiger partial charge on any atom is -0.480 e. The van der Waals surface area contributed by atoms with E-state index in [1.54, 1.807) is 6.08 Å². The van der Waals surface area contributed by atoms with Gasteiger partial charge in [0.1, 0.15) is 6.04 Å². The van der Waals surface area contributed by atoms with Crippen molar-refractivity contribution in [2.24, 2.45) is 5.73 Å². The molecule has 0 saturated heterocycles. The van der Waals surface area contributed by atoms with Crippen LogP contribution in [-0.4, -0.2) is 32.3 Å². The van der Waals surface area contributed by atoms with Crippen molar-refractivity contribution >= 4 is 28.5 Å². The molecule has 7 nitrogen and oxygen atoms in total. The van der Waals surface area contributed by atoms with Gasteiger partial charge < -0.3 is 15.8 Å². The zero-order valence-corrected chi connectivity index (χ0v) is 13.4. The van der Waals surface area contributed by atoms with Crippen LogP contribution in [0.5, 0.6) is 0 Å². The van der Waals surface area contributed by atoms with Gasteiger partial charge >= 0.3 is 5.97 Å². The zero-order valence-electron chi connectivity index (χ0n) is 13.4. The summed E-state index contributed by atoms with van der Waals surface area (Å²) in [4.78, 5) is 26.6. The van der Waals surface area contributed by atoms with Gasteiger partial charge in [-0.3, -0.25) is 19.8 Å². The van der Waals surface area contributed by atoms with Gasteiger partial charge in [-0.05, 0) is 36.1 Å². The largest absolute Gasteiger partial charge is 0.480 e. The summed E-state index contributed by atoms with van der Waals surface area (Å²) in [6, 6.07) is 6.63. The molecule has 1 aromatic carbocycles. The zero-order chi connectivity index (χ0) is 17.6. The van der Waals surface area contributed by atoms with Crippen LogP contribution in [0.4, 0.5) is 0 Å². The number of nitrogens with two attached hydrogens (primary N) is 1. The number of nitrogens with one attached hydrogen (secondary N) is 3. The number of rotatable bonds is 4. The van der Waals surface area contributed by atoms with Crippen molar-refractivity contribution in [1.29, 1.82) is 0 Å². The number of H-pyrrole nitrogens is 3. The maximum Gasteiger partial charge on any atom is 0.320 e. The summed E-state index contributed by atoms with van der Waals surface area (Å²) in [6.45, 7) is 0. The Morgan fingerprint density at radius 2 is 2.04 bits per heavy atom. The van der Waals surface area contributed by atoms with Crippen LogP contribution in [0.3, 0.4) is 0 Å². The predicted molar refractivity (Wildman–Crippen MR) is 94.5 cm³/mol. The van der Waals surface area contributed by atoms with Crippen molar-refractivity contribution < 1.29 is 9.90 Å². The Balaban J connectivity index is 1.95. The minimum absolute atomic E-state index is 0.180. The van der Waals surface area contributed by atoms with Gasteiger partial charge in [-0.25, -0.2) is 0 Å². The Bertz CT molecular complexity index is 1140. The average Bonchev–Trinajstić information content (AvgIpc) is 3.29. The Morgan fingerprint density at radius 3 is 2.76 bits per heavy atom. The van der Waals surface area contributed by atoms with Gasteiger partial charge in [-0.15, -0.1) is 0 Å². The molecule has 0 radical (unpaired) electrons. The fraction of sp³-hybridized carbons (Fsp3) is 0.222. The maximum atomic E-state index is 12.2. The van der Waals surface area contributed by atoms with Gasteiger partial charge in [0, 0.05) is 23.0 Å². The smallest absolute Gasteiger partial charge is 0.320 e. The first-order chi connectivity index (χ1) is 12.0. The summed E-state index contributed by atoms with van der Waals surface area (Å²) in [7, 11) is 0. The van der Waals surface area contributed by atoms with Crippen LogP contribution < -0.4 is 21.9 Å². The SMILES string of the molecule is NC(Cc1c(C=c2c(=O)[nH][nH]c2=C2CC2)[nH]c2ccccc12)C(=O)O. The number of carboxylic acids is 1. The average molecular weight is 338 g/mol. The second-order valence-corrected chi connectivity index (χ2v) is 6.33. The van der Waals surface area contributed by atoms with E-state index in [2.05, 4.69) is 15.2 Å². The molecule has 0 aliphatic heterocycles. The molecule has 4 rings (SSSR count). The molecule has 1 saturated carbocycles. The molecule has 2 aromatic heterocycles.